The third-order valence-corrected chi connectivity index (χ3v) is 4.66. The molecule has 20 heavy (non-hydrogen) atoms. The molecular formula is C15H10FNO2S. The Labute approximate surface area is 118 Å². The number of benzene rings is 2. The van der Waals surface area contributed by atoms with Gasteiger partial charge in [-0.05, 0) is 24.3 Å². The van der Waals surface area contributed by atoms with Gasteiger partial charge in [0.15, 0.2) is 4.90 Å². The fourth-order valence-electron chi connectivity index (χ4n) is 2.16. The molecule has 0 radical (unpaired) electrons. The molecule has 0 spiro atoms. The Hall–Kier alpha value is -2.11. The van der Waals surface area contributed by atoms with Crippen LogP contribution in [-0.2, 0) is 11.2 Å². The van der Waals surface area contributed by atoms with E-state index in [2.05, 4.69) is 0 Å². The number of hydrogen-bond acceptors (Lipinski definition) is 3. The number of allylic oxidation sites excluding steroid dienone is 1. The van der Waals surface area contributed by atoms with Gasteiger partial charge in [-0.3, -0.25) is 4.79 Å². The molecular weight excluding hydrogens is 277 g/mol. The lowest BCUT2D eigenvalue weighted by Crippen LogP contribution is -2.12. The van der Waals surface area contributed by atoms with Gasteiger partial charge in [-0.25, -0.2) is 4.39 Å². The van der Waals surface area contributed by atoms with Gasteiger partial charge in [-0.15, -0.1) is 0 Å². The monoisotopic (exact) mass is 287 g/mol. The highest BCUT2D eigenvalue weighted by atomic mass is 32.2. The maximum Gasteiger partial charge on any atom is 0.248 e. The zero-order valence-corrected chi connectivity index (χ0v) is 11.1. The molecule has 3 rings (SSSR count). The first-order chi connectivity index (χ1) is 9.61. The lowest BCUT2D eigenvalue weighted by molar-refractivity contribution is 0.104. The summed E-state index contributed by atoms with van der Waals surface area (Å²) in [6.45, 7) is 0. The molecule has 2 aromatic carbocycles. The average molecular weight is 287 g/mol. The van der Waals surface area contributed by atoms with Crippen molar-refractivity contribution in [2.75, 3.05) is 0 Å². The minimum absolute atomic E-state index is 0.0451. The molecule has 0 saturated carbocycles. The largest absolute Gasteiger partial charge is 0.606 e. The molecule has 2 N–H and O–H groups in total. The standard InChI is InChI=1S/C15H10FNO2S/c16-11-7-3-1-5-9(11)13(17)15-14(18)10-6-2-4-8-12(10)20(15)19/h1-8H,17H2/b15-13+. The van der Waals surface area contributed by atoms with Gasteiger partial charge in [0.2, 0.25) is 10.7 Å². The van der Waals surface area contributed by atoms with Crippen LogP contribution in [-0.4, -0.2) is 10.3 Å². The fraction of sp³-hybridized carbons (Fsp3) is 0. The first-order valence-electron chi connectivity index (χ1n) is 5.91. The fourth-order valence-corrected chi connectivity index (χ4v) is 3.53. The second kappa shape index (κ2) is 4.77. The summed E-state index contributed by atoms with van der Waals surface area (Å²) in [6, 6.07) is 12.5. The lowest BCUT2D eigenvalue weighted by atomic mass is 10.1. The van der Waals surface area contributed by atoms with Crippen molar-refractivity contribution in [1.82, 2.24) is 0 Å². The van der Waals surface area contributed by atoms with Gasteiger partial charge in [0.25, 0.3) is 0 Å². The van der Waals surface area contributed by atoms with E-state index in [0.29, 0.717) is 10.5 Å². The first-order valence-corrected chi connectivity index (χ1v) is 7.06. The van der Waals surface area contributed by atoms with Gasteiger partial charge >= 0.3 is 0 Å². The maximum atomic E-state index is 13.8. The Bertz CT molecular complexity index is 742. The highest BCUT2D eigenvalue weighted by Gasteiger charge is 2.41. The minimum Gasteiger partial charge on any atom is -0.606 e. The Morgan fingerprint density at radius 1 is 1.10 bits per heavy atom. The number of rotatable bonds is 1. The maximum absolute atomic E-state index is 13.8. The molecule has 100 valence electrons. The van der Waals surface area contributed by atoms with Gasteiger partial charge in [0.1, 0.15) is 11.5 Å². The molecule has 1 heterocycles. The SMILES string of the molecule is N/C(=C1\C(=O)c2ccccc2[S+]1[O-])c1ccccc1F. The number of ketones is 1. The molecule has 0 bridgehead atoms. The predicted molar refractivity (Wildman–Crippen MR) is 74.7 cm³/mol. The molecule has 5 heteroatoms. The zero-order valence-electron chi connectivity index (χ0n) is 10.3. The van der Waals surface area contributed by atoms with Crippen molar-refractivity contribution in [3.63, 3.8) is 0 Å². The van der Waals surface area contributed by atoms with E-state index >= 15 is 0 Å². The van der Waals surface area contributed by atoms with Crippen LogP contribution in [0.15, 0.2) is 58.3 Å². The predicted octanol–water partition coefficient (Wildman–Crippen LogP) is 2.46. The summed E-state index contributed by atoms with van der Waals surface area (Å²) in [4.78, 5) is 12.7. The summed E-state index contributed by atoms with van der Waals surface area (Å²) >= 11 is -1.67. The number of halogens is 1. The number of fused-ring (bicyclic) bond motifs is 1. The first kappa shape index (κ1) is 12.9. The summed E-state index contributed by atoms with van der Waals surface area (Å²) in [5.41, 5.74) is 6.28. The van der Waals surface area contributed by atoms with Crippen molar-refractivity contribution in [3.05, 3.63) is 70.4 Å². The van der Waals surface area contributed by atoms with Crippen LogP contribution in [0.5, 0.6) is 0 Å². The molecule has 2 aromatic rings. The van der Waals surface area contributed by atoms with Crippen LogP contribution in [0, 0.1) is 5.82 Å². The quantitative estimate of drug-likeness (QED) is 0.647. The molecule has 0 saturated heterocycles. The second-order valence-corrected chi connectivity index (χ2v) is 5.70. The Balaban J connectivity index is 2.19. The summed E-state index contributed by atoms with van der Waals surface area (Å²) in [6.07, 6.45) is 0. The molecule has 1 unspecified atom stereocenters. The highest BCUT2D eigenvalue weighted by Crippen LogP contribution is 2.36. The molecule has 1 atom stereocenters. The second-order valence-electron chi connectivity index (χ2n) is 4.32. The number of Topliss-reactive ketones (excluding diaryl/α,β-unsaturated/α-hetero) is 1. The van der Waals surface area contributed by atoms with Crippen LogP contribution in [0.4, 0.5) is 4.39 Å². The van der Waals surface area contributed by atoms with Crippen molar-refractivity contribution in [3.8, 4) is 0 Å². The molecule has 0 aliphatic carbocycles. The lowest BCUT2D eigenvalue weighted by Gasteiger charge is -2.08. The number of carbonyl (C=O) groups is 1. The van der Waals surface area contributed by atoms with Crippen molar-refractivity contribution in [2.45, 2.75) is 4.90 Å². The van der Waals surface area contributed by atoms with Crippen LogP contribution in [0.3, 0.4) is 0 Å². The van der Waals surface area contributed by atoms with Crippen molar-refractivity contribution in [2.24, 2.45) is 5.73 Å². The highest BCUT2D eigenvalue weighted by molar-refractivity contribution is 7.97. The summed E-state index contributed by atoms with van der Waals surface area (Å²) in [5.74, 6) is -0.946. The number of hydrogen-bond donors (Lipinski definition) is 1. The van der Waals surface area contributed by atoms with E-state index in [1.807, 2.05) is 0 Å². The van der Waals surface area contributed by atoms with E-state index in [0.717, 1.165) is 0 Å². The third-order valence-electron chi connectivity index (χ3n) is 3.13. The smallest absolute Gasteiger partial charge is 0.248 e. The van der Waals surface area contributed by atoms with Crippen LogP contribution in [0.25, 0.3) is 5.70 Å². The zero-order chi connectivity index (χ0) is 14.3. The molecule has 1 aliphatic heterocycles. The molecule has 0 amide bonds. The van der Waals surface area contributed by atoms with E-state index in [1.165, 1.54) is 18.2 Å². The van der Waals surface area contributed by atoms with Crippen LogP contribution < -0.4 is 5.73 Å². The summed E-state index contributed by atoms with van der Waals surface area (Å²) in [5, 5.41) is 0. The Kier molecular flexibility index (Phi) is 3.08. The van der Waals surface area contributed by atoms with Gasteiger partial charge in [-0.2, -0.15) is 0 Å². The molecule has 1 aliphatic rings. The van der Waals surface area contributed by atoms with Gasteiger partial charge < -0.3 is 10.3 Å². The van der Waals surface area contributed by atoms with Crippen LogP contribution >= 0.6 is 0 Å². The summed E-state index contributed by atoms with van der Waals surface area (Å²) in [7, 11) is 0. The van der Waals surface area contributed by atoms with Gasteiger partial charge in [0.05, 0.1) is 5.56 Å². The Morgan fingerprint density at radius 3 is 2.45 bits per heavy atom. The number of carbonyl (C=O) groups excluding carboxylic acids is 1. The van der Waals surface area contributed by atoms with Gasteiger partial charge in [-0.1, -0.05) is 24.3 Å². The number of nitrogens with two attached hydrogens (primary N) is 1. The van der Waals surface area contributed by atoms with Crippen molar-refractivity contribution in [1.29, 1.82) is 0 Å². The van der Waals surface area contributed by atoms with Gasteiger partial charge in [0, 0.05) is 16.7 Å². The van der Waals surface area contributed by atoms with E-state index in [9.17, 15) is 13.7 Å². The van der Waals surface area contributed by atoms with E-state index in [4.69, 9.17) is 5.73 Å². The Morgan fingerprint density at radius 2 is 1.75 bits per heavy atom. The minimum atomic E-state index is -1.67. The van der Waals surface area contributed by atoms with Crippen LogP contribution in [0.1, 0.15) is 15.9 Å². The van der Waals surface area contributed by atoms with Crippen molar-refractivity contribution >= 4 is 22.7 Å². The molecule has 0 fully saturated rings. The van der Waals surface area contributed by atoms with E-state index < -0.39 is 22.8 Å². The molecule has 3 nitrogen and oxygen atoms in total. The summed E-state index contributed by atoms with van der Waals surface area (Å²) < 4.78 is 26.1. The average Bonchev–Trinajstić information content (AvgIpc) is 2.71. The van der Waals surface area contributed by atoms with E-state index in [-0.39, 0.29) is 16.2 Å². The van der Waals surface area contributed by atoms with Crippen molar-refractivity contribution < 1.29 is 13.7 Å². The third kappa shape index (κ3) is 1.83. The topological polar surface area (TPSA) is 66.2 Å². The van der Waals surface area contributed by atoms with Crippen LogP contribution in [0.2, 0.25) is 0 Å². The van der Waals surface area contributed by atoms with E-state index in [1.54, 1.807) is 30.3 Å². The normalized spacial score (nSPS) is 19.9. The molecule has 0 aromatic heterocycles.